The van der Waals surface area contributed by atoms with E-state index in [9.17, 15) is 9.59 Å². The monoisotopic (exact) mass is 262 g/mol. The topological polar surface area (TPSA) is 67.4 Å². The fourth-order valence-electron chi connectivity index (χ4n) is 2.20. The summed E-state index contributed by atoms with van der Waals surface area (Å²) in [5.74, 6) is -0.467. The number of benzene rings is 1. The van der Waals surface area contributed by atoms with Crippen molar-refractivity contribution in [1.82, 2.24) is 5.32 Å². The number of piperidine rings is 1. The standard InChI is InChI=1S/C14H18N2O3/c1-19-14(18)11-4-2-3-5-12(11)16-13(17)10-6-8-15-9-7-10/h2-5,10,15H,6-9H2,1H3,(H,16,17). The molecule has 1 aliphatic rings. The molecular weight excluding hydrogens is 244 g/mol. The minimum Gasteiger partial charge on any atom is -0.465 e. The van der Waals surface area contributed by atoms with Gasteiger partial charge in [0.1, 0.15) is 0 Å². The molecule has 1 amide bonds. The first-order chi connectivity index (χ1) is 9.22. The Morgan fingerprint density at radius 1 is 1.26 bits per heavy atom. The molecule has 0 aromatic heterocycles. The molecule has 0 aliphatic carbocycles. The van der Waals surface area contributed by atoms with Crippen LogP contribution in [-0.4, -0.2) is 32.1 Å². The van der Waals surface area contributed by atoms with Crippen LogP contribution in [0.2, 0.25) is 0 Å². The van der Waals surface area contributed by atoms with E-state index in [1.165, 1.54) is 7.11 Å². The Bertz CT molecular complexity index is 468. The predicted molar refractivity (Wildman–Crippen MR) is 72.0 cm³/mol. The summed E-state index contributed by atoms with van der Waals surface area (Å²) in [6.45, 7) is 1.72. The number of esters is 1. The highest BCUT2D eigenvalue weighted by Gasteiger charge is 2.22. The lowest BCUT2D eigenvalue weighted by atomic mass is 9.97. The molecule has 0 saturated carbocycles. The van der Waals surface area contributed by atoms with E-state index in [1.54, 1.807) is 24.3 Å². The average molecular weight is 262 g/mol. The fourth-order valence-corrected chi connectivity index (χ4v) is 2.20. The molecule has 0 atom stereocenters. The number of ether oxygens (including phenoxy) is 1. The third kappa shape index (κ3) is 3.32. The molecule has 0 bridgehead atoms. The lowest BCUT2D eigenvalue weighted by Gasteiger charge is -2.22. The van der Waals surface area contributed by atoms with Crippen LogP contribution in [0.1, 0.15) is 23.2 Å². The van der Waals surface area contributed by atoms with Gasteiger partial charge in [-0.2, -0.15) is 0 Å². The van der Waals surface area contributed by atoms with Crippen molar-refractivity contribution in [1.29, 1.82) is 0 Å². The van der Waals surface area contributed by atoms with Crippen LogP contribution in [-0.2, 0) is 9.53 Å². The number of para-hydroxylation sites is 1. The Morgan fingerprint density at radius 3 is 2.63 bits per heavy atom. The summed E-state index contributed by atoms with van der Waals surface area (Å²) in [6, 6.07) is 6.88. The maximum absolute atomic E-state index is 12.1. The molecule has 5 heteroatoms. The van der Waals surface area contributed by atoms with Crippen molar-refractivity contribution >= 4 is 17.6 Å². The summed E-state index contributed by atoms with van der Waals surface area (Å²) in [7, 11) is 1.33. The van der Waals surface area contributed by atoms with Crippen LogP contribution in [0, 0.1) is 5.92 Å². The highest BCUT2D eigenvalue weighted by molar-refractivity contribution is 6.01. The van der Waals surface area contributed by atoms with E-state index in [0.29, 0.717) is 11.3 Å². The third-order valence-electron chi connectivity index (χ3n) is 3.30. The van der Waals surface area contributed by atoms with Crippen LogP contribution >= 0.6 is 0 Å². The SMILES string of the molecule is COC(=O)c1ccccc1NC(=O)C1CCNCC1. The number of carbonyl (C=O) groups is 2. The maximum atomic E-state index is 12.1. The number of rotatable bonds is 3. The van der Waals surface area contributed by atoms with E-state index >= 15 is 0 Å². The van der Waals surface area contributed by atoms with Gasteiger partial charge >= 0.3 is 5.97 Å². The number of amides is 1. The lowest BCUT2D eigenvalue weighted by Crippen LogP contribution is -2.34. The second-order valence-corrected chi connectivity index (χ2v) is 4.55. The molecule has 19 heavy (non-hydrogen) atoms. The Morgan fingerprint density at radius 2 is 1.95 bits per heavy atom. The van der Waals surface area contributed by atoms with Crippen LogP contribution in [0.4, 0.5) is 5.69 Å². The summed E-state index contributed by atoms with van der Waals surface area (Å²) in [5.41, 5.74) is 0.894. The Kier molecular flexibility index (Phi) is 4.52. The van der Waals surface area contributed by atoms with Crippen molar-refractivity contribution in [2.45, 2.75) is 12.8 Å². The van der Waals surface area contributed by atoms with Gasteiger partial charge in [-0.05, 0) is 38.1 Å². The zero-order valence-corrected chi connectivity index (χ0v) is 10.9. The van der Waals surface area contributed by atoms with Crippen molar-refractivity contribution in [3.63, 3.8) is 0 Å². The normalized spacial score (nSPS) is 15.8. The molecule has 1 aromatic carbocycles. The average Bonchev–Trinajstić information content (AvgIpc) is 2.48. The summed E-state index contributed by atoms with van der Waals surface area (Å²) < 4.78 is 4.70. The van der Waals surface area contributed by atoms with Gasteiger partial charge in [-0.1, -0.05) is 12.1 Å². The fraction of sp³-hybridized carbons (Fsp3) is 0.429. The van der Waals surface area contributed by atoms with Crippen LogP contribution in [0.3, 0.4) is 0 Å². The van der Waals surface area contributed by atoms with Crippen LogP contribution in [0.15, 0.2) is 24.3 Å². The first-order valence-corrected chi connectivity index (χ1v) is 6.41. The van der Waals surface area contributed by atoms with Crippen LogP contribution in [0.25, 0.3) is 0 Å². The van der Waals surface area contributed by atoms with Crippen LogP contribution in [0.5, 0.6) is 0 Å². The molecule has 1 heterocycles. The maximum Gasteiger partial charge on any atom is 0.339 e. The van der Waals surface area contributed by atoms with E-state index in [1.807, 2.05) is 0 Å². The number of methoxy groups -OCH3 is 1. The van der Waals surface area contributed by atoms with E-state index in [-0.39, 0.29) is 11.8 Å². The van der Waals surface area contributed by atoms with Gasteiger partial charge in [0.2, 0.25) is 5.91 Å². The quantitative estimate of drug-likeness (QED) is 0.808. The molecule has 5 nitrogen and oxygen atoms in total. The summed E-state index contributed by atoms with van der Waals surface area (Å²) in [4.78, 5) is 23.7. The molecule has 0 radical (unpaired) electrons. The Hall–Kier alpha value is -1.88. The molecule has 0 unspecified atom stereocenters. The Balaban J connectivity index is 2.09. The van der Waals surface area contributed by atoms with Crippen molar-refractivity contribution in [2.24, 2.45) is 5.92 Å². The van der Waals surface area contributed by atoms with Gasteiger partial charge in [0.25, 0.3) is 0 Å². The van der Waals surface area contributed by atoms with Gasteiger partial charge in [-0.3, -0.25) is 4.79 Å². The van der Waals surface area contributed by atoms with Crippen molar-refractivity contribution in [3.8, 4) is 0 Å². The molecule has 0 spiro atoms. The number of hydrogen-bond donors (Lipinski definition) is 2. The van der Waals surface area contributed by atoms with Crippen molar-refractivity contribution in [3.05, 3.63) is 29.8 Å². The minimum atomic E-state index is -0.443. The Labute approximate surface area is 112 Å². The molecule has 2 rings (SSSR count). The van der Waals surface area contributed by atoms with Crippen molar-refractivity contribution < 1.29 is 14.3 Å². The molecule has 1 aromatic rings. The molecule has 1 saturated heterocycles. The zero-order valence-electron chi connectivity index (χ0n) is 10.9. The van der Waals surface area contributed by atoms with Crippen molar-refractivity contribution in [2.75, 3.05) is 25.5 Å². The van der Waals surface area contributed by atoms with Gasteiger partial charge < -0.3 is 15.4 Å². The van der Waals surface area contributed by atoms with Crippen LogP contribution < -0.4 is 10.6 Å². The van der Waals surface area contributed by atoms with E-state index in [4.69, 9.17) is 4.74 Å². The highest BCUT2D eigenvalue weighted by atomic mass is 16.5. The summed E-state index contributed by atoms with van der Waals surface area (Å²) >= 11 is 0. The number of nitrogens with one attached hydrogen (secondary N) is 2. The van der Waals surface area contributed by atoms with Gasteiger partial charge in [0.05, 0.1) is 18.4 Å². The molecule has 102 valence electrons. The molecule has 2 N–H and O–H groups in total. The number of anilines is 1. The zero-order chi connectivity index (χ0) is 13.7. The third-order valence-corrected chi connectivity index (χ3v) is 3.30. The lowest BCUT2D eigenvalue weighted by molar-refractivity contribution is -0.120. The largest absolute Gasteiger partial charge is 0.465 e. The first kappa shape index (κ1) is 13.5. The summed E-state index contributed by atoms with van der Waals surface area (Å²) in [5, 5.41) is 6.05. The molecule has 1 fully saturated rings. The molecule has 1 aliphatic heterocycles. The number of hydrogen-bond acceptors (Lipinski definition) is 4. The second-order valence-electron chi connectivity index (χ2n) is 4.55. The summed E-state index contributed by atoms with van der Waals surface area (Å²) in [6.07, 6.45) is 1.65. The predicted octanol–water partition coefficient (Wildman–Crippen LogP) is 1.41. The van der Waals surface area contributed by atoms with E-state index in [2.05, 4.69) is 10.6 Å². The van der Waals surface area contributed by atoms with E-state index in [0.717, 1.165) is 25.9 Å². The van der Waals surface area contributed by atoms with Gasteiger partial charge in [-0.25, -0.2) is 4.79 Å². The minimum absolute atomic E-state index is 0.00644. The van der Waals surface area contributed by atoms with Gasteiger partial charge in [0, 0.05) is 5.92 Å². The van der Waals surface area contributed by atoms with Gasteiger partial charge in [-0.15, -0.1) is 0 Å². The highest BCUT2D eigenvalue weighted by Crippen LogP contribution is 2.19. The molecular formula is C14H18N2O3. The smallest absolute Gasteiger partial charge is 0.339 e. The number of carbonyl (C=O) groups excluding carboxylic acids is 2. The van der Waals surface area contributed by atoms with Gasteiger partial charge in [0.15, 0.2) is 0 Å². The first-order valence-electron chi connectivity index (χ1n) is 6.41. The second kappa shape index (κ2) is 6.33. The van der Waals surface area contributed by atoms with E-state index < -0.39 is 5.97 Å².